The summed E-state index contributed by atoms with van der Waals surface area (Å²) in [7, 11) is -3.93. The number of pyridine rings is 1. The third-order valence-electron chi connectivity index (χ3n) is 15.5. The molecule has 1 aromatic heterocycles. The lowest BCUT2D eigenvalue weighted by Crippen LogP contribution is -2.55. The number of hydrogen-bond donors (Lipinski definition) is 0. The minimum Gasteiger partial charge on any atom is -0.612 e. The Morgan fingerprint density at radius 2 is 1.09 bits per heavy atom. The van der Waals surface area contributed by atoms with Gasteiger partial charge in [0, 0.05) is 69.0 Å². The van der Waals surface area contributed by atoms with Crippen molar-refractivity contribution in [1.29, 1.82) is 0 Å². The van der Waals surface area contributed by atoms with Gasteiger partial charge in [-0.2, -0.15) is 0 Å². The Morgan fingerprint density at radius 3 is 1.58 bits per heavy atom. The first kappa shape index (κ1) is 53.9. The number of unbranched alkanes of at least 4 members (excludes halogenated alkanes) is 21. The standard InChI is InChI=1S/C56H91N5O4S2/c1-4-6-7-8-9-10-11-12-13-14-15-16-17-18-19-20-21-22-23-24-25-26-45-65-50-27-30-52(31-28-50)67(63,64)55-47-57-54-32-29-51(66(3)62)46-53(54)56(55)61-39-35-48(36-40-61)59-37-33-49(34-38-59)60-43-41-58(5-2)42-44-60/h27-32,46-49H,4-26,33-45H2,1-3H3. The Balaban J connectivity index is 0.891. The van der Waals surface area contributed by atoms with Crippen molar-refractivity contribution in [2.24, 2.45) is 0 Å². The molecule has 6 rings (SSSR count). The van der Waals surface area contributed by atoms with Crippen molar-refractivity contribution in [1.82, 2.24) is 19.7 Å². The molecule has 3 fully saturated rings. The van der Waals surface area contributed by atoms with Crippen LogP contribution in [0.1, 0.15) is 181 Å². The zero-order valence-corrected chi connectivity index (χ0v) is 44.0. The van der Waals surface area contributed by atoms with E-state index in [2.05, 4.69) is 38.4 Å². The van der Waals surface area contributed by atoms with E-state index < -0.39 is 21.0 Å². The van der Waals surface area contributed by atoms with Gasteiger partial charge in [0.15, 0.2) is 4.90 Å². The fraction of sp³-hybridized carbons (Fsp3) is 0.732. The third kappa shape index (κ3) is 17.2. The fourth-order valence-corrected chi connectivity index (χ4v) is 13.1. The van der Waals surface area contributed by atoms with E-state index in [0.717, 1.165) is 63.8 Å². The van der Waals surface area contributed by atoms with Gasteiger partial charge in [0.25, 0.3) is 0 Å². The average molecular weight is 963 g/mol. The zero-order chi connectivity index (χ0) is 47.1. The maximum Gasteiger partial charge on any atom is 0.210 e. The number of anilines is 1. The lowest BCUT2D eigenvalue weighted by molar-refractivity contribution is 0.0449. The highest BCUT2D eigenvalue weighted by Gasteiger charge is 2.34. The van der Waals surface area contributed by atoms with Gasteiger partial charge in [0.1, 0.15) is 16.9 Å². The Bertz CT molecular complexity index is 1920. The molecule has 0 amide bonds. The van der Waals surface area contributed by atoms with Crippen LogP contribution in [0.5, 0.6) is 5.75 Å². The number of hydrogen-bond acceptors (Lipinski definition) is 9. The predicted molar refractivity (Wildman–Crippen MR) is 282 cm³/mol. The second-order valence-corrected chi connectivity index (χ2v) is 23.6. The van der Waals surface area contributed by atoms with Crippen LogP contribution in [0.2, 0.25) is 0 Å². The molecule has 0 N–H and O–H groups in total. The van der Waals surface area contributed by atoms with Gasteiger partial charge in [-0.15, -0.1) is 0 Å². The van der Waals surface area contributed by atoms with Crippen LogP contribution in [0, 0.1) is 0 Å². The molecule has 3 aliphatic heterocycles. The Labute approximate surface area is 411 Å². The van der Waals surface area contributed by atoms with Gasteiger partial charge in [-0.3, -0.25) is 9.88 Å². The maximum absolute atomic E-state index is 14.6. The number of rotatable bonds is 31. The summed E-state index contributed by atoms with van der Waals surface area (Å²) < 4.78 is 47.9. The van der Waals surface area contributed by atoms with Crippen LogP contribution < -0.4 is 9.64 Å². The number of ether oxygens (including phenoxy) is 1. The first-order chi connectivity index (χ1) is 32.8. The molecular weight excluding hydrogens is 871 g/mol. The van der Waals surface area contributed by atoms with Crippen LogP contribution in [-0.4, -0.2) is 117 Å². The second kappa shape index (κ2) is 29.7. The number of likely N-dealkylation sites (N-methyl/N-ethyl adjacent to an activating group) is 1. The van der Waals surface area contributed by atoms with Gasteiger partial charge in [0.05, 0.1) is 22.7 Å². The van der Waals surface area contributed by atoms with E-state index in [1.54, 1.807) is 30.5 Å². The molecule has 2 aromatic carbocycles. The quantitative estimate of drug-likeness (QED) is 0.0462. The zero-order valence-electron chi connectivity index (χ0n) is 42.4. The maximum atomic E-state index is 14.6. The molecule has 3 saturated heterocycles. The molecule has 0 spiro atoms. The fourth-order valence-electron chi connectivity index (χ4n) is 11.1. The molecule has 1 atom stereocenters. The lowest BCUT2D eigenvalue weighted by Gasteiger charge is -2.46. The van der Waals surface area contributed by atoms with Crippen molar-refractivity contribution >= 4 is 37.6 Å². The van der Waals surface area contributed by atoms with E-state index in [4.69, 9.17) is 4.74 Å². The van der Waals surface area contributed by atoms with Gasteiger partial charge >= 0.3 is 0 Å². The molecular formula is C56H91N5O4S2. The summed E-state index contributed by atoms with van der Waals surface area (Å²) in [6.45, 7) is 14.9. The Kier molecular flexibility index (Phi) is 23.9. The van der Waals surface area contributed by atoms with Crippen LogP contribution in [-0.2, 0) is 21.0 Å². The summed E-state index contributed by atoms with van der Waals surface area (Å²) >= 11 is -1.21. The molecule has 11 heteroatoms. The monoisotopic (exact) mass is 962 g/mol. The predicted octanol–water partition coefficient (Wildman–Crippen LogP) is 12.9. The van der Waals surface area contributed by atoms with Crippen molar-refractivity contribution in [3.63, 3.8) is 0 Å². The molecule has 9 nitrogen and oxygen atoms in total. The van der Waals surface area contributed by atoms with E-state index in [-0.39, 0.29) is 9.79 Å². The van der Waals surface area contributed by atoms with E-state index >= 15 is 0 Å². The third-order valence-corrected chi connectivity index (χ3v) is 18.2. The van der Waals surface area contributed by atoms with E-state index in [9.17, 15) is 13.0 Å². The molecule has 4 heterocycles. The summed E-state index contributed by atoms with van der Waals surface area (Å²) in [6, 6.07) is 13.7. The van der Waals surface area contributed by atoms with Crippen molar-refractivity contribution < 1.29 is 17.7 Å². The van der Waals surface area contributed by atoms with Gasteiger partial charge in [-0.25, -0.2) is 8.42 Å². The minimum atomic E-state index is -3.93. The van der Waals surface area contributed by atoms with Gasteiger partial charge in [0.2, 0.25) is 9.84 Å². The molecule has 3 aromatic rings. The highest BCUT2D eigenvalue weighted by atomic mass is 32.2. The summed E-state index contributed by atoms with van der Waals surface area (Å²) in [5, 5.41) is 0.747. The molecule has 3 aliphatic rings. The van der Waals surface area contributed by atoms with E-state index in [0.29, 0.717) is 40.5 Å². The summed E-state index contributed by atoms with van der Waals surface area (Å²) in [6.07, 6.45) is 37.8. The number of benzene rings is 2. The molecule has 0 saturated carbocycles. The Hall–Kier alpha value is -2.41. The average Bonchev–Trinajstić information content (AvgIpc) is 3.36. The summed E-state index contributed by atoms with van der Waals surface area (Å²) in [4.78, 5) is 16.0. The topological polar surface area (TPSA) is 92.3 Å². The molecule has 376 valence electrons. The number of piperazine rings is 1. The lowest BCUT2D eigenvalue weighted by atomic mass is 9.96. The number of aromatic nitrogens is 1. The number of likely N-dealkylation sites (tertiary alicyclic amines) is 1. The summed E-state index contributed by atoms with van der Waals surface area (Å²) in [5.74, 6) is 0.694. The molecule has 0 bridgehead atoms. The van der Waals surface area contributed by atoms with E-state index in [1.165, 1.54) is 174 Å². The van der Waals surface area contributed by atoms with Gasteiger partial charge in [-0.05, 0) is 99.3 Å². The van der Waals surface area contributed by atoms with Crippen LogP contribution >= 0.6 is 0 Å². The number of nitrogens with zero attached hydrogens (tertiary/aromatic N) is 5. The largest absolute Gasteiger partial charge is 0.612 e. The number of piperidine rings is 2. The van der Waals surface area contributed by atoms with Gasteiger partial charge in [-0.1, -0.05) is 149 Å². The van der Waals surface area contributed by atoms with E-state index in [1.807, 2.05) is 18.2 Å². The van der Waals surface area contributed by atoms with Crippen molar-refractivity contribution in [3.05, 3.63) is 48.7 Å². The molecule has 1 unspecified atom stereocenters. The second-order valence-electron chi connectivity index (χ2n) is 20.3. The van der Waals surface area contributed by atoms with Crippen LogP contribution in [0.3, 0.4) is 0 Å². The number of fused-ring (bicyclic) bond motifs is 1. The van der Waals surface area contributed by atoms with Crippen molar-refractivity contribution in [2.45, 2.75) is 208 Å². The normalized spacial score (nSPS) is 18.0. The van der Waals surface area contributed by atoms with Crippen LogP contribution in [0.15, 0.2) is 63.3 Å². The highest BCUT2D eigenvalue weighted by Crippen LogP contribution is 2.39. The minimum absolute atomic E-state index is 0.213. The smallest absolute Gasteiger partial charge is 0.210 e. The van der Waals surface area contributed by atoms with Crippen LogP contribution in [0.4, 0.5) is 5.69 Å². The molecule has 0 aliphatic carbocycles. The Morgan fingerprint density at radius 1 is 0.612 bits per heavy atom. The highest BCUT2D eigenvalue weighted by molar-refractivity contribution is 7.91. The molecule has 0 radical (unpaired) electrons. The molecule has 67 heavy (non-hydrogen) atoms. The van der Waals surface area contributed by atoms with Crippen LogP contribution in [0.25, 0.3) is 10.9 Å². The first-order valence-corrected chi connectivity index (χ1v) is 30.5. The SMILES string of the molecule is CCCCCCCCCCCCCCCCCCCCCCCCOc1ccc(S(=O)(=O)c2cnc3ccc([S+](C)[O-])cc3c2N2CCC(N3CCC(N4CCN(CC)CC4)CC3)CC2)cc1. The van der Waals surface area contributed by atoms with Crippen molar-refractivity contribution in [3.8, 4) is 5.75 Å². The van der Waals surface area contributed by atoms with Gasteiger partial charge < -0.3 is 24.0 Å². The number of sulfone groups is 1. The summed E-state index contributed by atoms with van der Waals surface area (Å²) in [5.41, 5.74) is 1.40. The first-order valence-electron chi connectivity index (χ1n) is 27.5. The van der Waals surface area contributed by atoms with Crippen molar-refractivity contribution in [2.75, 3.05) is 76.7 Å².